The smallest absolute Gasteiger partial charge is 0.325 e. The molecule has 1 N–H and O–H groups in total. The average Bonchev–Trinajstić information content (AvgIpc) is 3.07. The van der Waals surface area contributed by atoms with Crippen molar-refractivity contribution in [3.05, 3.63) is 23.3 Å². The summed E-state index contributed by atoms with van der Waals surface area (Å²) < 4.78 is 11.9. The third-order valence-electron chi connectivity index (χ3n) is 5.68. The Morgan fingerprint density at radius 1 is 1.37 bits per heavy atom. The zero-order chi connectivity index (χ0) is 19.3. The fourth-order valence-electron chi connectivity index (χ4n) is 4.06. The molecule has 0 spiro atoms. The zero-order valence-electron chi connectivity index (χ0n) is 15.7. The number of fused-ring (bicyclic) bond motifs is 1. The highest BCUT2D eigenvalue weighted by Crippen LogP contribution is 2.47. The molecule has 4 rings (SSSR count). The first-order valence-corrected chi connectivity index (χ1v) is 9.36. The quantitative estimate of drug-likeness (QED) is 0.823. The maximum absolute atomic E-state index is 12.3. The van der Waals surface area contributed by atoms with Crippen molar-refractivity contribution < 1.29 is 19.1 Å². The van der Waals surface area contributed by atoms with Gasteiger partial charge in [-0.25, -0.2) is 4.79 Å². The molecule has 3 aliphatic rings. The minimum absolute atomic E-state index is 0.0651. The summed E-state index contributed by atoms with van der Waals surface area (Å²) in [5, 5.41) is 12.0. The first kappa shape index (κ1) is 17.7. The first-order valence-electron chi connectivity index (χ1n) is 9.36. The number of amides is 3. The minimum Gasteiger partial charge on any atom is -0.491 e. The molecule has 1 atom stereocenters. The monoisotopic (exact) mass is 369 g/mol. The van der Waals surface area contributed by atoms with E-state index in [1.807, 2.05) is 13.0 Å². The van der Waals surface area contributed by atoms with Crippen LogP contribution in [-0.4, -0.2) is 41.6 Å². The number of nitrogens with zero attached hydrogens (tertiary/aromatic N) is 2. The number of urea groups is 1. The van der Waals surface area contributed by atoms with Crippen LogP contribution in [-0.2, 0) is 10.2 Å². The summed E-state index contributed by atoms with van der Waals surface area (Å²) in [5.74, 6) is 1.19. The summed E-state index contributed by atoms with van der Waals surface area (Å²) >= 11 is 0. The number of rotatable bonds is 4. The van der Waals surface area contributed by atoms with E-state index < -0.39 is 6.04 Å². The van der Waals surface area contributed by atoms with E-state index in [1.54, 1.807) is 6.07 Å². The maximum Gasteiger partial charge on any atom is 0.325 e. The van der Waals surface area contributed by atoms with Crippen LogP contribution in [0.25, 0.3) is 0 Å². The molecule has 7 heteroatoms. The van der Waals surface area contributed by atoms with E-state index in [-0.39, 0.29) is 29.5 Å². The van der Waals surface area contributed by atoms with E-state index in [0.29, 0.717) is 37.2 Å². The highest BCUT2D eigenvalue weighted by Gasteiger charge is 2.47. The van der Waals surface area contributed by atoms with Gasteiger partial charge in [-0.2, -0.15) is 5.26 Å². The van der Waals surface area contributed by atoms with Gasteiger partial charge in [0.1, 0.15) is 29.7 Å². The van der Waals surface area contributed by atoms with Crippen molar-refractivity contribution in [1.82, 2.24) is 10.2 Å². The third kappa shape index (κ3) is 2.71. The molecule has 1 aliphatic carbocycles. The Morgan fingerprint density at radius 2 is 2.11 bits per heavy atom. The van der Waals surface area contributed by atoms with Crippen LogP contribution in [0.2, 0.25) is 0 Å². The molecule has 2 fully saturated rings. The topological polar surface area (TPSA) is 91.7 Å². The number of imide groups is 1. The molecule has 1 saturated carbocycles. The zero-order valence-corrected chi connectivity index (χ0v) is 15.7. The first-order chi connectivity index (χ1) is 12.9. The van der Waals surface area contributed by atoms with Crippen molar-refractivity contribution >= 4 is 11.9 Å². The van der Waals surface area contributed by atoms with Crippen LogP contribution in [0.4, 0.5) is 4.79 Å². The fourth-order valence-corrected chi connectivity index (χ4v) is 4.06. The number of nitriles is 1. The normalized spacial score (nSPS) is 28.1. The molecule has 7 nitrogen and oxygen atoms in total. The van der Waals surface area contributed by atoms with E-state index in [0.717, 1.165) is 11.3 Å². The Kier molecular flexibility index (Phi) is 4.02. The molecular formula is C20H23N3O4. The molecule has 3 amide bonds. The summed E-state index contributed by atoms with van der Waals surface area (Å²) in [7, 11) is 0. The second kappa shape index (κ2) is 6.15. The van der Waals surface area contributed by atoms with Crippen molar-refractivity contribution in [2.75, 3.05) is 6.61 Å². The molecule has 2 heterocycles. The molecule has 142 valence electrons. The fraction of sp³-hybridized carbons (Fsp3) is 0.550. The third-order valence-corrected chi connectivity index (χ3v) is 5.68. The predicted molar refractivity (Wildman–Crippen MR) is 96.6 cm³/mol. The number of benzene rings is 1. The summed E-state index contributed by atoms with van der Waals surface area (Å²) in [6, 6.07) is 4.88. The van der Waals surface area contributed by atoms with Crippen LogP contribution in [0.5, 0.6) is 11.5 Å². The number of carbonyl (C=O) groups is 2. The van der Waals surface area contributed by atoms with Crippen LogP contribution in [0.1, 0.15) is 51.2 Å². The Morgan fingerprint density at radius 3 is 2.74 bits per heavy atom. The second-order valence-electron chi connectivity index (χ2n) is 8.08. The number of ether oxygens (including phenoxy) is 2. The van der Waals surface area contributed by atoms with Gasteiger partial charge < -0.3 is 14.8 Å². The molecule has 2 aliphatic heterocycles. The van der Waals surface area contributed by atoms with E-state index in [1.165, 1.54) is 4.90 Å². The van der Waals surface area contributed by atoms with E-state index >= 15 is 0 Å². The van der Waals surface area contributed by atoms with Gasteiger partial charge in [0.15, 0.2) is 0 Å². The van der Waals surface area contributed by atoms with Gasteiger partial charge >= 0.3 is 6.03 Å². The SMILES string of the molecule is CC[C@H]1NC(=O)N(C2CC(Oc3ccc(C#N)c4c3C(C)(C)CO4)C2)C1=O. The standard InChI is InChI=1S/C20H23N3O4/c1-4-14-18(24)23(19(25)22-14)12-7-13(8-12)27-15-6-5-11(9-21)17-16(15)20(2,3)10-26-17/h5-6,12-14H,4,7-8,10H2,1-3H3,(H,22,25)/t12?,13?,14-/m1/s1. The van der Waals surface area contributed by atoms with Gasteiger partial charge in [-0.1, -0.05) is 20.8 Å². The van der Waals surface area contributed by atoms with Gasteiger partial charge in [0.25, 0.3) is 5.91 Å². The van der Waals surface area contributed by atoms with Gasteiger partial charge in [0.2, 0.25) is 0 Å². The highest BCUT2D eigenvalue weighted by molar-refractivity contribution is 6.04. The lowest BCUT2D eigenvalue weighted by Crippen LogP contribution is -2.52. The molecule has 0 radical (unpaired) electrons. The van der Waals surface area contributed by atoms with Crippen LogP contribution in [0.3, 0.4) is 0 Å². The lowest BCUT2D eigenvalue weighted by Gasteiger charge is -2.39. The second-order valence-corrected chi connectivity index (χ2v) is 8.08. The number of nitrogens with one attached hydrogen (secondary N) is 1. The van der Waals surface area contributed by atoms with E-state index in [2.05, 4.69) is 25.2 Å². The summed E-state index contributed by atoms with van der Waals surface area (Å²) in [4.78, 5) is 25.7. The van der Waals surface area contributed by atoms with E-state index in [9.17, 15) is 14.9 Å². The van der Waals surface area contributed by atoms with Gasteiger partial charge in [0, 0.05) is 29.9 Å². The largest absolute Gasteiger partial charge is 0.491 e. The molecule has 1 aromatic carbocycles. The van der Waals surface area contributed by atoms with Crippen molar-refractivity contribution in [2.45, 2.75) is 63.6 Å². The molecule has 1 saturated heterocycles. The molecule has 0 bridgehead atoms. The summed E-state index contributed by atoms with van der Waals surface area (Å²) in [6.45, 7) is 6.52. The number of hydrogen-bond donors (Lipinski definition) is 1. The van der Waals surface area contributed by atoms with Crippen molar-refractivity contribution in [1.29, 1.82) is 5.26 Å². The van der Waals surface area contributed by atoms with E-state index in [4.69, 9.17) is 9.47 Å². The molecular weight excluding hydrogens is 346 g/mol. The number of hydrogen-bond acceptors (Lipinski definition) is 5. The van der Waals surface area contributed by atoms with Gasteiger partial charge in [-0.15, -0.1) is 0 Å². The number of carbonyl (C=O) groups excluding carboxylic acids is 2. The van der Waals surface area contributed by atoms with Gasteiger partial charge in [-0.05, 0) is 18.6 Å². The lowest BCUT2D eigenvalue weighted by atomic mass is 9.84. The predicted octanol–water partition coefficient (Wildman–Crippen LogP) is 2.47. The Labute approximate surface area is 158 Å². The van der Waals surface area contributed by atoms with Crippen LogP contribution < -0.4 is 14.8 Å². The lowest BCUT2D eigenvalue weighted by molar-refractivity contribution is -0.131. The Bertz CT molecular complexity index is 852. The molecule has 0 aromatic heterocycles. The minimum atomic E-state index is -0.405. The van der Waals surface area contributed by atoms with Crippen LogP contribution in [0.15, 0.2) is 12.1 Å². The van der Waals surface area contributed by atoms with Crippen molar-refractivity contribution in [3.63, 3.8) is 0 Å². The van der Waals surface area contributed by atoms with Crippen LogP contribution >= 0.6 is 0 Å². The van der Waals surface area contributed by atoms with Gasteiger partial charge in [-0.3, -0.25) is 9.69 Å². The molecule has 1 aromatic rings. The molecule has 0 unspecified atom stereocenters. The summed E-state index contributed by atoms with van der Waals surface area (Å²) in [5.41, 5.74) is 1.20. The van der Waals surface area contributed by atoms with Crippen molar-refractivity contribution in [3.8, 4) is 17.6 Å². The maximum atomic E-state index is 12.3. The average molecular weight is 369 g/mol. The van der Waals surface area contributed by atoms with Gasteiger partial charge in [0.05, 0.1) is 12.2 Å². The molecule has 27 heavy (non-hydrogen) atoms. The Hall–Kier alpha value is -2.75. The highest BCUT2D eigenvalue weighted by atomic mass is 16.5. The Balaban J connectivity index is 1.48. The summed E-state index contributed by atoms with van der Waals surface area (Å²) in [6.07, 6.45) is 1.77. The van der Waals surface area contributed by atoms with Crippen molar-refractivity contribution in [2.24, 2.45) is 0 Å². The van der Waals surface area contributed by atoms with Crippen LogP contribution in [0, 0.1) is 11.3 Å².